The molecule has 1 atom stereocenters. The summed E-state index contributed by atoms with van der Waals surface area (Å²) in [5.41, 5.74) is 0.290. The Morgan fingerprint density at radius 1 is 1.20 bits per heavy atom. The van der Waals surface area contributed by atoms with Crippen LogP contribution in [0.1, 0.15) is 31.1 Å². The number of ether oxygens (including phenoxy) is 1. The molecule has 112 valence electrons. The molecule has 20 heavy (non-hydrogen) atoms. The first-order valence-electron chi connectivity index (χ1n) is 6.73. The van der Waals surface area contributed by atoms with Gasteiger partial charge in [-0.1, -0.05) is 26.0 Å². The van der Waals surface area contributed by atoms with Crippen LogP contribution >= 0.6 is 7.52 Å². The number of hydrogen-bond donors (Lipinski definition) is 0. The molecular weight excluding hydrogens is 277 g/mol. The summed E-state index contributed by atoms with van der Waals surface area (Å²) in [5.74, 6) is -0.507. The Hall–Kier alpha value is -1.16. The van der Waals surface area contributed by atoms with E-state index in [1.54, 1.807) is 35.9 Å². The van der Waals surface area contributed by atoms with E-state index in [2.05, 4.69) is 0 Å². The second-order valence-corrected chi connectivity index (χ2v) is 6.43. The van der Waals surface area contributed by atoms with Gasteiger partial charge in [0, 0.05) is 13.1 Å². The first-order valence-corrected chi connectivity index (χ1v) is 8.30. The van der Waals surface area contributed by atoms with Gasteiger partial charge in [-0.2, -0.15) is 0 Å². The first kappa shape index (κ1) is 16.9. The third-order valence-electron chi connectivity index (χ3n) is 3.02. The summed E-state index contributed by atoms with van der Waals surface area (Å²) >= 11 is 0. The smallest absolute Gasteiger partial charge is 0.338 e. The van der Waals surface area contributed by atoms with Crippen LogP contribution in [-0.2, 0) is 13.8 Å². The summed E-state index contributed by atoms with van der Waals surface area (Å²) < 4.78 is 25.4. The lowest BCUT2D eigenvalue weighted by atomic mass is 10.2. The Labute approximate surface area is 120 Å². The lowest BCUT2D eigenvalue weighted by Crippen LogP contribution is -2.30. The minimum Gasteiger partial charge on any atom is -0.465 e. The molecule has 0 radical (unpaired) electrons. The van der Waals surface area contributed by atoms with Gasteiger partial charge < -0.3 is 9.26 Å². The van der Waals surface area contributed by atoms with Gasteiger partial charge >= 0.3 is 13.5 Å². The highest BCUT2D eigenvalue weighted by Crippen LogP contribution is 2.50. The van der Waals surface area contributed by atoms with E-state index in [-0.39, 0.29) is 0 Å². The van der Waals surface area contributed by atoms with E-state index in [1.165, 1.54) is 7.11 Å². The van der Waals surface area contributed by atoms with Gasteiger partial charge in [0.1, 0.15) is 0 Å². The van der Waals surface area contributed by atoms with Crippen molar-refractivity contribution >= 4 is 18.8 Å². The standard InChI is InChI=1S/C14H22NO4P/c1-5-15(6-2)20(17,19-7-3)13-11-9-8-10-12(13)14(16)18-4/h8-11H,5-7H2,1-4H3. The number of nitrogens with zero attached hydrogens (tertiary/aromatic N) is 1. The topological polar surface area (TPSA) is 55.8 Å². The van der Waals surface area contributed by atoms with Gasteiger partial charge in [0.2, 0.25) is 0 Å². The number of carbonyl (C=O) groups is 1. The number of hydrogen-bond acceptors (Lipinski definition) is 4. The maximum absolute atomic E-state index is 13.3. The van der Waals surface area contributed by atoms with Crippen molar-refractivity contribution in [2.75, 3.05) is 26.8 Å². The third-order valence-corrected chi connectivity index (χ3v) is 5.94. The molecule has 0 aromatic heterocycles. The maximum atomic E-state index is 13.3. The predicted molar refractivity (Wildman–Crippen MR) is 79.6 cm³/mol. The van der Waals surface area contributed by atoms with Crippen molar-refractivity contribution in [2.45, 2.75) is 20.8 Å². The molecule has 0 aliphatic rings. The summed E-state index contributed by atoms with van der Waals surface area (Å²) in [5, 5.41) is 0.400. The monoisotopic (exact) mass is 299 g/mol. The Balaban J connectivity index is 3.42. The number of methoxy groups -OCH3 is 1. The van der Waals surface area contributed by atoms with Gasteiger partial charge in [0.15, 0.2) is 0 Å². The van der Waals surface area contributed by atoms with E-state index < -0.39 is 13.5 Å². The minimum absolute atomic E-state index is 0.290. The summed E-state index contributed by atoms with van der Waals surface area (Å²) in [7, 11) is -1.95. The molecule has 0 bridgehead atoms. The van der Waals surface area contributed by atoms with Crippen LogP contribution in [0.15, 0.2) is 24.3 Å². The molecule has 1 unspecified atom stereocenters. The van der Waals surface area contributed by atoms with Crippen molar-refractivity contribution in [1.82, 2.24) is 4.67 Å². The molecule has 0 aliphatic carbocycles. The van der Waals surface area contributed by atoms with Gasteiger partial charge in [-0.05, 0) is 19.1 Å². The minimum atomic E-state index is -3.25. The van der Waals surface area contributed by atoms with Crippen LogP contribution < -0.4 is 5.30 Å². The highest BCUT2D eigenvalue weighted by atomic mass is 31.2. The normalized spacial score (nSPS) is 14.1. The zero-order chi connectivity index (χ0) is 15.2. The molecule has 1 rings (SSSR count). The van der Waals surface area contributed by atoms with Gasteiger partial charge in [-0.3, -0.25) is 4.57 Å². The molecule has 0 fully saturated rings. The molecule has 5 nitrogen and oxygen atoms in total. The number of carbonyl (C=O) groups excluding carboxylic acids is 1. The lowest BCUT2D eigenvalue weighted by Gasteiger charge is -2.30. The Kier molecular flexibility index (Phi) is 6.40. The fourth-order valence-electron chi connectivity index (χ4n) is 2.08. The van der Waals surface area contributed by atoms with Crippen molar-refractivity contribution in [3.05, 3.63) is 29.8 Å². The summed E-state index contributed by atoms with van der Waals surface area (Å²) in [4.78, 5) is 11.9. The summed E-state index contributed by atoms with van der Waals surface area (Å²) in [6.07, 6.45) is 0. The summed E-state index contributed by atoms with van der Waals surface area (Å²) in [6, 6.07) is 6.74. The molecule has 0 aliphatic heterocycles. The molecular formula is C14H22NO4P. The number of benzene rings is 1. The van der Waals surface area contributed by atoms with Gasteiger partial charge in [0.05, 0.1) is 24.6 Å². The van der Waals surface area contributed by atoms with Crippen LogP contribution in [0.25, 0.3) is 0 Å². The van der Waals surface area contributed by atoms with Crippen LogP contribution in [0.4, 0.5) is 0 Å². The maximum Gasteiger partial charge on any atom is 0.338 e. The number of rotatable bonds is 7. The van der Waals surface area contributed by atoms with Crippen molar-refractivity contribution in [3.63, 3.8) is 0 Å². The first-order chi connectivity index (χ1) is 9.54. The van der Waals surface area contributed by atoms with Gasteiger partial charge in [0.25, 0.3) is 0 Å². The zero-order valence-electron chi connectivity index (χ0n) is 12.5. The summed E-state index contributed by atoms with van der Waals surface area (Å²) in [6.45, 7) is 7.07. The molecule has 0 saturated heterocycles. The molecule has 6 heteroatoms. The average molecular weight is 299 g/mol. The van der Waals surface area contributed by atoms with Gasteiger partial charge in [-0.15, -0.1) is 0 Å². The number of esters is 1. The zero-order valence-corrected chi connectivity index (χ0v) is 13.4. The predicted octanol–water partition coefficient (Wildman–Crippen LogP) is 2.67. The van der Waals surface area contributed by atoms with E-state index >= 15 is 0 Å². The fraction of sp³-hybridized carbons (Fsp3) is 0.500. The van der Waals surface area contributed by atoms with Crippen LogP contribution in [-0.4, -0.2) is 37.4 Å². The molecule has 0 N–H and O–H groups in total. The molecule has 0 amide bonds. The SMILES string of the molecule is CCOP(=O)(c1ccccc1C(=O)OC)N(CC)CC. The second-order valence-electron chi connectivity index (χ2n) is 4.09. The van der Waals surface area contributed by atoms with E-state index in [0.717, 1.165) is 0 Å². The van der Waals surface area contributed by atoms with E-state index in [1.807, 2.05) is 13.8 Å². The lowest BCUT2D eigenvalue weighted by molar-refractivity contribution is 0.0601. The van der Waals surface area contributed by atoms with Gasteiger partial charge in [-0.25, -0.2) is 9.46 Å². The Morgan fingerprint density at radius 2 is 1.80 bits per heavy atom. The third kappa shape index (κ3) is 3.29. The van der Waals surface area contributed by atoms with Crippen LogP contribution in [0.2, 0.25) is 0 Å². The van der Waals surface area contributed by atoms with Crippen LogP contribution in [0.5, 0.6) is 0 Å². The molecule has 0 spiro atoms. The van der Waals surface area contributed by atoms with E-state index in [9.17, 15) is 9.36 Å². The molecule has 0 saturated carbocycles. The second kappa shape index (κ2) is 7.58. The molecule has 1 aromatic rings. The molecule has 1 aromatic carbocycles. The average Bonchev–Trinajstić information content (AvgIpc) is 2.48. The highest BCUT2D eigenvalue weighted by Gasteiger charge is 2.35. The Bertz CT molecular complexity index is 500. The molecule has 0 heterocycles. The quantitative estimate of drug-likeness (QED) is 0.572. The largest absolute Gasteiger partial charge is 0.465 e. The van der Waals surface area contributed by atoms with E-state index in [4.69, 9.17) is 9.26 Å². The van der Waals surface area contributed by atoms with Crippen molar-refractivity contribution in [3.8, 4) is 0 Å². The van der Waals surface area contributed by atoms with Crippen LogP contribution in [0.3, 0.4) is 0 Å². The van der Waals surface area contributed by atoms with E-state index in [0.29, 0.717) is 30.6 Å². The van der Waals surface area contributed by atoms with Crippen molar-refractivity contribution in [1.29, 1.82) is 0 Å². The highest BCUT2D eigenvalue weighted by molar-refractivity contribution is 7.64. The van der Waals surface area contributed by atoms with Crippen molar-refractivity contribution in [2.24, 2.45) is 0 Å². The Morgan fingerprint density at radius 3 is 2.30 bits per heavy atom. The van der Waals surface area contributed by atoms with Crippen molar-refractivity contribution < 1.29 is 18.6 Å². The van der Waals surface area contributed by atoms with Crippen LogP contribution in [0, 0.1) is 0 Å². The fourth-order valence-corrected chi connectivity index (χ4v) is 4.52.